The molecule has 0 aliphatic carbocycles. The quantitative estimate of drug-likeness (QED) is 0.207. The molecule has 0 bridgehead atoms. The number of carbonyl (C=O) groups excluding carboxylic acids is 1. The van der Waals surface area contributed by atoms with E-state index in [9.17, 15) is 14.9 Å². The van der Waals surface area contributed by atoms with Crippen LogP contribution in [0.25, 0.3) is 16.8 Å². The molecule has 0 saturated carbocycles. The molecule has 1 heterocycles. The zero-order valence-electron chi connectivity index (χ0n) is 16.8. The first-order chi connectivity index (χ1) is 14.8. The second-order valence-electron chi connectivity index (χ2n) is 7.16. The van der Waals surface area contributed by atoms with E-state index in [4.69, 9.17) is 17.0 Å². The van der Waals surface area contributed by atoms with E-state index in [1.54, 1.807) is 0 Å². The maximum Gasteiger partial charge on any atom is 0.270 e. The summed E-state index contributed by atoms with van der Waals surface area (Å²) in [6, 6.07) is 17.6. The fourth-order valence-corrected chi connectivity index (χ4v) is 4.61. The van der Waals surface area contributed by atoms with E-state index in [0.29, 0.717) is 20.7 Å². The Bertz CT molecular complexity index is 1240. The van der Waals surface area contributed by atoms with Crippen LogP contribution < -0.4 is 9.64 Å². The Morgan fingerprint density at radius 3 is 2.48 bits per heavy atom. The number of carbonyl (C=O) groups is 1. The average Bonchev–Trinajstić information content (AvgIpc) is 3.02. The van der Waals surface area contributed by atoms with Gasteiger partial charge in [0.15, 0.2) is 4.32 Å². The van der Waals surface area contributed by atoms with E-state index in [2.05, 4.69) is 0 Å². The van der Waals surface area contributed by atoms with Gasteiger partial charge < -0.3 is 4.74 Å². The molecule has 0 unspecified atom stereocenters. The highest BCUT2D eigenvalue weighted by molar-refractivity contribution is 8.27. The molecule has 1 amide bonds. The molecule has 1 aliphatic heterocycles. The minimum atomic E-state index is -0.481. The van der Waals surface area contributed by atoms with Crippen molar-refractivity contribution in [1.82, 2.24) is 0 Å². The molecule has 1 aliphatic rings. The predicted octanol–water partition coefficient (Wildman–Crippen LogP) is 5.94. The van der Waals surface area contributed by atoms with E-state index < -0.39 is 4.92 Å². The fraction of sp³-hybridized carbons (Fsp3) is 0.130. The van der Waals surface area contributed by atoms with Crippen LogP contribution in [0.2, 0.25) is 0 Å². The van der Waals surface area contributed by atoms with E-state index in [1.807, 2.05) is 56.3 Å². The van der Waals surface area contributed by atoms with Crippen molar-refractivity contribution in [1.29, 1.82) is 0 Å². The minimum absolute atomic E-state index is 0.0251. The van der Waals surface area contributed by atoms with E-state index in [0.717, 1.165) is 16.3 Å². The Kier molecular flexibility index (Phi) is 5.75. The molecule has 0 aromatic heterocycles. The maximum atomic E-state index is 13.2. The van der Waals surface area contributed by atoms with Crippen LogP contribution in [0, 0.1) is 10.1 Å². The van der Waals surface area contributed by atoms with Crippen molar-refractivity contribution in [2.45, 2.75) is 20.0 Å². The molecule has 3 aromatic rings. The number of thiocarbonyl (C=S) groups is 1. The molecule has 31 heavy (non-hydrogen) atoms. The summed E-state index contributed by atoms with van der Waals surface area (Å²) in [5, 5.41) is 12.9. The van der Waals surface area contributed by atoms with Crippen LogP contribution in [-0.4, -0.2) is 21.3 Å². The van der Waals surface area contributed by atoms with Gasteiger partial charge in [0.1, 0.15) is 5.75 Å². The summed E-state index contributed by atoms with van der Waals surface area (Å²) in [6.07, 6.45) is 1.79. The number of anilines is 1. The van der Waals surface area contributed by atoms with Gasteiger partial charge in [-0.25, -0.2) is 0 Å². The highest BCUT2D eigenvalue weighted by atomic mass is 32.2. The van der Waals surface area contributed by atoms with E-state index in [-0.39, 0.29) is 17.7 Å². The molecule has 0 N–H and O–H groups in total. The Morgan fingerprint density at radius 1 is 1.10 bits per heavy atom. The largest absolute Gasteiger partial charge is 0.490 e. The van der Waals surface area contributed by atoms with E-state index in [1.165, 1.54) is 40.9 Å². The highest BCUT2D eigenvalue weighted by Crippen LogP contribution is 2.39. The second kappa shape index (κ2) is 8.49. The van der Waals surface area contributed by atoms with Gasteiger partial charge in [-0.1, -0.05) is 54.3 Å². The number of thioether (sulfide) groups is 1. The van der Waals surface area contributed by atoms with Crippen molar-refractivity contribution >= 4 is 62.4 Å². The molecular formula is C23H18N2O4S2. The van der Waals surface area contributed by atoms with Gasteiger partial charge in [0.05, 0.1) is 21.6 Å². The normalized spacial score (nSPS) is 15.3. The molecule has 0 radical (unpaired) electrons. The van der Waals surface area contributed by atoms with Crippen LogP contribution in [0.3, 0.4) is 0 Å². The summed E-state index contributed by atoms with van der Waals surface area (Å²) < 4.78 is 6.37. The summed E-state index contributed by atoms with van der Waals surface area (Å²) in [7, 11) is 0. The molecular weight excluding hydrogens is 432 g/mol. The Labute approximate surface area is 188 Å². The lowest BCUT2D eigenvalue weighted by Gasteiger charge is -2.15. The summed E-state index contributed by atoms with van der Waals surface area (Å²) in [6.45, 7) is 3.90. The number of fused-ring (bicyclic) bond motifs is 1. The van der Waals surface area contributed by atoms with Crippen molar-refractivity contribution in [2.75, 3.05) is 4.90 Å². The van der Waals surface area contributed by atoms with Gasteiger partial charge in [0, 0.05) is 17.7 Å². The lowest BCUT2D eigenvalue weighted by molar-refractivity contribution is -0.384. The van der Waals surface area contributed by atoms with Gasteiger partial charge in [-0.05, 0) is 48.9 Å². The van der Waals surface area contributed by atoms with Crippen molar-refractivity contribution in [3.8, 4) is 5.75 Å². The number of non-ortho nitro benzene ring substituents is 1. The smallest absolute Gasteiger partial charge is 0.270 e. The van der Waals surface area contributed by atoms with Gasteiger partial charge in [-0.15, -0.1) is 0 Å². The number of nitro groups is 1. The lowest BCUT2D eigenvalue weighted by atomic mass is 10.0. The van der Waals surface area contributed by atoms with Crippen molar-refractivity contribution in [3.05, 3.63) is 81.2 Å². The maximum absolute atomic E-state index is 13.2. The lowest BCUT2D eigenvalue weighted by Crippen LogP contribution is -2.27. The summed E-state index contributed by atoms with van der Waals surface area (Å²) >= 11 is 6.64. The molecule has 156 valence electrons. The van der Waals surface area contributed by atoms with Crippen LogP contribution in [-0.2, 0) is 4.79 Å². The van der Waals surface area contributed by atoms with Crippen molar-refractivity contribution in [2.24, 2.45) is 0 Å². The second-order valence-corrected chi connectivity index (χ2v) is 8.83. The standard InChI is InChI=1S/C23H18N2O4S2/c1-14(2)29-20-12-7-15-5-3-4-6-18(15)19(20)13-21-22(26)24(23(30)31-21)16-8-10-17(11-9-16)25(27)28/h3-14H,1-2H3/b21-13-. The third-order valence-electron chi connectivity index (χ3n) is 4.68. The predicted molar refractivity (Wildman–Crippen MR) is 128 cm³/mol. The van der Waals surface area contributed by atoms with Crippen LogP contribution >= 0.6 is 24.0 Å². The number of ether oxygens (including phenoxy) is 1. The molecule has 4 rings (SSSR count). The third kappa shape index (κ3) is 4.17. The zero-order valence-corrected chi connectivity index (χ0v) is 18.4. The Balaban J connectivity index is 1.76. The monoisotopic (exact) mass is 450 g/mol. The topological polar surface area (TPSA) is 72.7 Å². The Hall–Kier alpha value is -3.23. The fourth-order valence-electron chi connectivity index (χ4n) is 3.33. The van der Waals surface area contributed by atoms with E-state index >= 15 is 0 Å². The number of nitro benzene ring substituents is 1. The van der Waals surface area contributed by atoms with Crippen LogP contribution in [0.15, 0.2) is 65.6 Å². The highest BCUT2D eigenvalue weighted by Gasteiger charge is 2.34. The van der Waals surface area contributed by atoms with Gasteiger partial charge in [-0.3, -0.25) is 19.8 Å². The number of amides is 1. The molecule has 8 heteroatoms. The van der Waals surface area contributed by atoms with Gasteiger partial charge >= 0.3 is 0 Å². The minimum Gasteiger partial charge on any atom is -0.490 e. The third-order valence-corrected chi connectivity index (χ3v) is 5.98. The first-order valence-electron chi connectivity index (χ1n) is 9.56. The first kappa shape index (κ1) is 21.0. The molecule has 6 nitrogen and oxygen atoms in total. The molecule has 3 aromatic carbocycles. The molecule has 1 saturated heterocycles. The molecule has 0 atom stereocenters. The summed E-state index contributed by atoms with van der Waals surface area (Å²) in [5.41, 5.74) is 1.26. The summed E-state index contributed by atoms with van der Waals surface area (Å²) in [5.74, 6) is 0.418. The SMILES string of the molecule is CC(C)Oc1ccc2ccccc2c1/C=C1\SC(=S)N(c2ccc([N+](=O)[O-])cc2)C1=O. The van der Waals surface area contributed by atoms with Crippen molar-refractivity contribution in [3.63, 3.8) is 0 Å². The van der Waals surface area contributed by atoms with Gasteiger partial charge in [0.25, 0.3) is 11.6 Å². The number of rotatable bonds is 5. The zero-order chi connectivity index (χ0) is 22.1. The number of hydrogen-bond acceptors (Lipinski definition) is 6. The molecule has 1 fully saturated rings. The van der Waals surface area contributed by atoms with Crippen LogP contribution in [0.4, 0.5) is 11.4 Å². The number of benzene rings is 3. The summed E-state index contributed by atoms with van der Waals surface area (Å²) in [4.78, 5) is 25.5. The average molecular weight is 451 g/mol. The Morgan fingerprint density at radius 2 is 1.81 bits per heavy atom. The number of hydrogen-bond donors (Lipinski definition) is 0. The number of nitrogens with zero attached hydrogens (tertiary/aromatic N) is 2. The van der Waals surface area contributed by atoms with Crippen LogP contribution in [0.1, 0.15) is 19.4 Å². The van der Waals surface area contributed by atoms with Crippen LogP contribution in [0.5, 0.6) is 5.75 Å². The molecule has 0 spiro atoms. The van der Waals surface area contributed by atoms with Gasteiger partial charge in [0.2, 0.25) is 0 Å². The van der Waals surface area contributed by atoms with Gasteiger partial charge in [-0.2, -0.15) is 0 Å². The first-order valence-corrected chi connectivity index (χ1v) is 10.8. The van der Waals surface area contributed by atoms with Crippen molar-refractivity contribution < 1.29 is 14.5 Å².